The predicted octanol–water partition coefficient (Wildman–Crippen LogP) is 8.68. The number of hydrogen-bond acceptors (Lipinski definition) is 3. The maximum atomic E-state index is 6.00. The smallest absolute Gasteiger partial charge is 0.227 e. The molecule has 0 aliphatic carbocycles. The minimum Gasteiger partial charge on any atom is -0.436 e. The molecule has 32 heavy (non-hydrogen) atoms. The summed E-state index contributed by atoms with van der Waals surface area (Å²) in [6, 6.07) is 36.3. The fourth-order valence-electron chi connectivity index (χ4n) is 4.52. The van der Waals surface area contributed by atoms with Gasteiger partial charge < -0.3 is 4.42 Å². The average molecular weight is 428 g/mol. The van der Waals surface area contributed by atoms with Gasteiger partial charge in [0.15, 0.2) is 5.58 Å². The number of thiophene rings is 1. The second-order valence-electron chi connectivity index (χ2n) is 8.04. The van der Waals surface area contributed by atoms with Gasteiger partial charge in [-0.1, -0.05) is 66.7 Å². The van der Waals surface area contributed by atoms with E-state index in [1.807, 2.05) is 35.6 Å². The summed E-state index contributed by atoms with van der Waals surface area (Å²) in [5, 5.41) is 5.04. The molecule has 0 amide bonds. The van der Waals surface area contributed by atoms with Crippen LogP contribution in [-0.2, 0) is 0 Å². The Labute approximate surface area is 188 Å². The number of oxazole rings is 1. The SMILES string of the molecule is c1ccc2oc(-c3ccc4ccc(-c5cccc6c5sc5ccccc56)cc4c3)nc2c1. The molecule has 0 fully saturated rings. The number of rotatable bonds is 2. The molecule has 2 nitrogen and oxygen atoms in total. The molecule has 0 spiro atoms. The molecule has 0 unspecified atom stereocenters. The normalized spacial score (nSPS) is 11.8. The molecule has 7 aromatic rings. The molecule has 2 heterocycles. The number of benzene rings is 5. The van der Waals surface area contributed by atoms with Crippen molar-refractivity contribution in [2.75, 3.05) is 0 Å². The van der Waals surface area contributed by atoms with E-state index in [9.17, 15) is 0 Å². The van der Waals surface area contributed by atoms with Gasteiger partial charge in [0.2, 0.25) is 5.89 Å². The first-order chi connectivity index (χ1) is 15.8. The van der Waals surface area contributed by atoms with Crippen LogP contribution in [0.25, 0.3) is 64.6 Å². The van der Waals surface area contributed by atoms with Gasteiger partial charge in [-0.3, -0.25) is 0 Å². The highest BCUT2D eigenvalue weighted by molar-refractivity contribution is 7.26. The van der Waals surface area contributed by atoms with E-state index in [0.29, 0.717) is 5.89 Å². The van der Waals surface area contributed by atoms with Gasteiger partial charge in [-0.25, -0.2) is 4.98 Å². The van der Waals surface area contributed by atoms with Crippen LogP contribution in [0.4, 0.5) is 0 Å². The predicted molar refractivity (Wildman–Crippen MR) is 135 cm³/mol. The average Bonchev–Trinajstić information content (AvgIpc) is 3.45. The highest BCUT2D eigenvalue weighted by Gasteiger charge is 2.12. The number of nitrogens with zero attached hydrogens (tertiary/aromatic N) is 1. The van der Waals surface area contributed by atoms with Crippen molar-refractivity contribution in [2.24, 2.45) is 0 Å². The second-order valence-corrected chi connectivity index (χ2v) is 9.10. The molecule has 0 atom stereocenters. The van der Waals surface area contributed by atoms with Crippen molar-refractivity contribution in [1.82, 2.24) is 4.98 Å². The summed E-state index contributed by atoms with van der Waals surface area (Å²) < 4.78 is 8.66. The van der Waals surface area contributed by atoms with Crippen LogP contribution in [-0.4, -0.2) is 4.98 Å². The molecule has 5 aromatic carbocycles. The summed E-state index contributed by atoms with van der Waals surface area (Å²) in [5.41, 5.74) is 5.19. The summed E-state index contributed by atoms with van der Waals surface area (Å²) in [5.74, 6) is 0.658. The molecule has 0 saturated heterocycles. The van der Waals surface area contributed by atoms with Crippen molar-refractivity contribution in [1.29, 1.82) is 0 Å². The zero-order valence-corrected chi connectivity index (χ0v) is 17.9. The van der Waals surface area contributed by atoms with Crippen LogP contribution >= 0.6 is 11.3 Å². The molecule has 0 N–H and O–H groups in total. The third-order valence-electron chi connectivity index (χ3n) is 6.10. The first kappa shape index (κ1) is 17.7. The van der Waals surface area contributed by atoms with Gasteiger partial charge in [0.05, 0.1) is 0 Å². The Kier molecular flexibility index (Phi) is 3.75. The Hall–Kier alpha value is -3.95. The fraction of sp³-hybridized carbons (Fsp3) is 0. The molecular formula is C29H17NOS. The van der Waals surface area contributed by atoms with E-state index in [1.54, 1.807) is 0 Å². The molecule has 0 saturated carbocycles. The van der Waals surface area contributed by atoms with Crippen LogP contribution in [0.5, 0.6) is 0 Å². The summed E-state index contributed by atoms with van der Waals surface area (Å²) in [7, 11) is 0. The van der Waals surface area contributed by atoms with E-state index < -0.39 is 0 Å². The maximum absolute atomic E-state index is 6.00. The second kappa shape index (κ2) is 6.78. The van der Waals surface area contributed by atoms with Gasteiger partial charge in [-0.15, -0.1) is 11.3 Å². The molecule has 0 radical (unpaired) electrons. The fourth-order valence-corrected chi connectivity index (χ4v) is 5.76. The topological polar surface area (TPSA) is 26.0 Å². The Morgan fingerprint density at radius 1 is 0.625 bits per heavy atom. The minimum absolute atomic E-state index is 0.658. The van der Waals surface area contributed by atoms with Crippen molar-refractivity contribution in [3.63, 3.8) is 0 Å². The lowest BCUT2D eigenvalue weighted by Gasteiger charge is -2.07. The lowest BCUT2D eigenvalue weighted by molar-refractivity contribution is 0.620. The molecule has 7 rings (SSSR count). The van der Waals surface area contributed by atoms with E-state index in [1.165, 1.54) is 42.1 Å². The Morgan fingerprint density at radius 2 is 1.41 bits per heavy atom. The van der Waals surface area contributed by atoms with Gasteiger partial charge in [-0.05, 0) is 58.3 Å². The molecule has 3 heteroatoms. The maximum Gasteiger partial charge on any atom is 0.227 e. The monoisotopic (exact) mass is 427 g/mol. The van der Waals surface area contributed by atoms with Crippen molar-refractivity contribution < 1.29 is 4.42 Å². The summed E-state index contributed by atoms with van der Waals surface area (Å²) in [6.45, 7) is 0. The van der Waals surface area contributed by atoms with Crippen molar-refractivity contribution in [3.8, 4) is 22.6 Å². The number of hydrogen-bond donors (Lipinski definition) is 0. The number of fused-ring (bicyclic) bond motifs is 5. The van der Waals surface area contributed by atoms with E-state index in [2.05, 4.69) is 83.8 Å². The quantitative estimate of drug-likeness (QED) is 0.276. The lowest BCUT2D eigenvalue weighted by atomic mass is 9.98. The minimum atomic E-state index is 0.658. The third-order valence-corrected chi connectivity index (χ3v) is 7.32. The van der Waals surface area contributed by atoms with Gasteiger partial charge in [-0.2, -0.15) is 0 Å². The van der Waals surface area contributed by atoms with Crippen molar-refractivity contribution in [3.05, 3.63) is 103 Å². The molecular weight excluding hydrogens is 410 g/mol. The first-order valence-electron chi connectivity index (χ1n) is 10.6. The van der Waals surface area contributed by atoms with Crippen LogP contribution in [0.1, 0.15) is 0 Å². The first-order valence-corrected chi connectivity index (χ1v) is 11.5. The Balaban J connectivity index is 1.40. The van der Waals surface area contributed by atoms with Gasteiger partial charge in [0.1, 0.15) is 5.52 Å². The zero-order chi connectivity index (χ0) is 21.1. The molecule has 2 aromatic heterocycles. The molecule has 150 valence electrons. The van der Waals surface area contributed by atoms with Crippen LogP contribution in [0.15, 0.2) is 108 Å². The van der Waals surface area contributed by atoms with E-state index in [0.717, 1.165) is 16.7 Å². The van der Waals surface area contributed by atoms with Gasteiger partial charge in [0, 0.05) is 25.7 Å². The zero-order valence-electron chi connectivity index (χ0n) is 17.1. The van der Waals surface area contributed by atoms with Crippen LogP contribution < -0.4 is 0 Å². The summed E-state index contributed by atoms with van der Waals surface area (Å²) in [6.07, 6.45) is 0. The highest BCUT2D eigenvalue weighted by Crippen LogP contribution is 2.40. The third kappa shape index (κ3) is 2.68. The van der Waals surface area contributed by atoms with Crippen LogP contribution in [0.2, 0.25) is 0 Å². The van der Waals surface area contributed by atoms with E-state index in [-0.39, 0.29) is 0 Å². The lowest BCUT2D eigenvalue weighted by Crippen LogP contribution is -1.82. The molecule has 0 aliphatic heterocycles. The van der Waals surface area contributed by atoms with E-state index >= 15 is 0 Å². The Bertz CT molecular complexity index is 1760. The Morgan fingerprint density at radius 3 is 2.34 bits per heavy atom. The standard InChI is InChI=1S/C29H17NOS/c1-4-11-27-23(6-1)24-8-5-7-22(28(24)32-27)19-14-12-18-13-15-20(17-21(18)16-19)29-30-25-9-2-3-10-26(25)31-29/h1-17H. The number of aromatic nitrogens is 1. The number of para-hydroxylation sites is 2. The molecule has 0 aliphatic rings. The highest BCUT2D eigenvalue weighted by atomic mass is 32.1. The van der Waals surface area contributed by atoms with Crippen LogP contribution in [0, 0.1) is 0 Å². The van der Waals surface area contributed by atoms with Gasteiger partial charge in [0.25, 0.3) is 0 Å². The van der Waals surface area contributed by atoms with E-state index in [4.69, 9.17) is 4.42 Å². The summed E-state index contributed by atoms with van der Waals surface area (Å²) >= 11 is 1.87. The largest absolute Gasteiger partial charge is 0.436 e. The van der Waals surface area contributed by atoms with Crippen LogP contribution in [0.3, 0.4) is 0 Å². The molecule has 0 bridgehead atoms. The van der Waals surface area contributed by atoms with Gasteiger partial charge >= 0.3 is 0 Å². The summed E-state index contributed by atoms with van der Waals surface area (Å²) in [4.78, 5) is 4.67. The van der Waals surface area contributed by atoms with Crippen molar-refractivity contribution >= 4 is 53.4 Å². The van der Waals surface area contributed by atoms with Crippen molar-refractivity contribution in [2.45, 2.75) is 0 Å².